The quantitative estimate of drug-likeness (QED) is 0.125. The van der Waals surface area contributed by atoms with Crippen LogP contribution in [0.2, 0.25) is 0 Å². The molecule has 123 heavy (non-hydrogen) atoms. The molecule has 0 aliphatic carbocycles. The molecule has 0 radical (unpaired) electrons. The summed E-state index contributed by atoms with van der Waals surface area (Å²) < 4.78 is 20.6. The molecule has 0 bridgehead atoms. The van der Waals surface area contributed by atoms with Crippen molar-refractivity contribution in [2.24, 2.45) is 0 Å². The molecule has 0 amide bonds. The van der Waals surface area contributed by atoms with Gasteiger partial charge in [0.15, 0.2) is 11.6 Å². The lowest BCUT2D eigenvalue weighted by Crippen LogP contribution is -1.96. The molecule has 0 aliphatic heterocycles. The Labute approximate surface area is 715 Å². The third kappa shape index (κ3) is 11.9. The van der Waals surface area contributed by atoms with E-state index in [9.17, 15) is 0 Å². The monoisotopic (exact) mass is 1620 g/mol. The van der Waals surface area contributed by atoms with E-state index in [4.69, 9.17) is 38.7 Å². The van der Waals surface area contributed by atoms with Gasteiger partial charge in [0.2, 0.25) is 0 Å². The molecule has 8 nitrogen and oxygen atoms in total. The van der Waals surface area contributed by atoms with E-state index in [1.165, 1.54) is 76.9 Å². The van der Waals surface area contributed by atoms with Crippen LogP contribution in [-0.4, -0.2) is 29.9 Å². The first-order chi connectivity index (χ1) is 60.9. The lowest BCUT2D eigenvalue weighted by atomic mass is 9.91. The van der Waals surface area contributed by atoms with Crippen LogP contribution >= 0.6 is 34.0 Å². The van der Waals surface area contributed by atoms with Crippen LogP contribution in [0.4, 0.5) is 0 Å². The highest BCUT2D eigenvalue weighted by Gasteiger charge is 2.26. The van der Waals surface area contributed by atoms with Gasteiger partial charge in [0.25, 0.3) is 0 Å². The SMILES string of the molecule is c1ccc(-c2nc(-c3ccc(-c4cc5c(-c6ccccc6)nc6ccccc6c5c5c4oc4ccccc45)cc3)cc(-c3ccc4oc5ccccc5c4c3)n2)cc1.c1ccc(-c2nc3ccccc3c3c2cc(-c2ccc(-c4cc(-c5ccc6c(c5)sc5ccccc56)nc(-c5ccc6c(c5)sc5ccccc56)n4)cc2)c2sc4ccccc4c23)cc1. The first-order valence-corrected chi connectivity index (χ1v) is 43.6. The van der Waals surface area contributed by atoms with E-state index in [0.717, 1.165) is 172 Å². The summed E-state index contributed by atoms with van der Waals surface area (Å²) in [6.07, 6.45) is 0. The van der Waals surface area contributed by atoms with Gasteiger partial charge in [-0.1, -0.05) is 291 Å². The standard InChI is InChI=1S/C59H33N3S3.C53H31N3O2/c1-2-12-36(13-3-1)57-46-32-45(58-56(44-17-7-11-21-52(44)65-58)55(46)43-16-4-8-18-47(43)60-57)34-22-24-35(25-23-34)48-33-49(37-26-28-41-39-14-5-9-19-50(39)63-53(41)30-37)62-59(61-48)38-27-29-42-40-15-6-10-20-51(40)64-54(42)31-38;1-3-13-34(14-4-1)51-42-30-40(52-50(39-19-9-12-22-47(39)58-52)49(42)38-18-7-10-20-43(38)54-51)32-23-25-33(26-24-32)44-31-45(56-53(55-44)35-15-5-2-6-16-35)36-27-28-48-41(29-36)37-17-8-11-21-46(37)57-48/h1-33H;1-31H. The van der Waals surface area contributed by atoms with Crippen molar-refractivity contribution in [3.05, 3.63) is 388 Å². The predicted molar refractivity (Wildman–Crippen MR) is 517 cm³/mol. The minimum absolute atomic E-state index is 0.668. The third-order valence-electron chi connectivity index (χ3n) is 24.2. The first kappa shape index (κ1) is 70.5. The maximum Gasteiger partial charge on any atom is 0.160 e. The Morgan fingerprint density at radius 2 is 0.569 bits per heavy atom. The summed E-state index contributed by atoms with van der Waals surface area (Å²) in [6, 6.07) is 137. The zero-order chi connectivity index (χ0) is 80.7. The fourth-order valence-corrected chi connectivity index (χ4v) is 21.9. The second kappa shape index (κ2) is 28.6. The highest BCUT2D eigenvalue weighted by molar-refractivity contribution is 7.27. The Morgan fingerprint density at radius 3 is 1.15 bits per heavy atom. The molecule has 0 fully saturated rings. The molecule has 26 aromatic rings. The molecule has 0 spiro atoms. The molecule has 9 heterocycles. The van der Waals surface area contributed by atoms with Crippen molar-refractivity contribution in [2.45, 2.75) is 0 Å². The van der Waals surface area contributed by atoms with Crippen molar-refractivity contribution in [3.63, 3.8) is 0 Å². The van der Waals surface area contributed by atoms with Crippen molar-refractivity contribution in [3.8, 4) is 113 Å². The fourth-order valence-electron chi connectivity index (χ4n) is 18.3. The molecule has 17 aromatic carbocycles. The normalized spacial score (nSPS) is 11.9. The lowest BCUT2D eigenvalue weighted by molar-refractivity contribution is 0.669. The fraction of sp³-hybridized carbons (Fsp3) is 0. The Balaban J connectivity index is 0.000000136. The smallest absolute Gasteiger partial charge is 0.160 e. The maximum absolute atomic E-state index is 6.79. The summed E-state index contributed by atoms with van der Waals surface area (Å²) in [5.74, 6) is 1.38. The van der Waals surface area contributed by atoms with Crippen LogP contribution in [0.1, 0.15) is 0 Å². The molecule has 0 N–H and O–H groups in total. The maximum atomic E-state index is 6.79. The van der Waals surface area contributed by atoms with E-state index < -0.39 is 0 Å². The molecule has 0 aliphatic rings. The van der Waals surface area contributed by atoms with Crippen molar-refractivity contribution >= 4 is 182 Å². The number of thiophene rings is 3. The van der Waals surface area contributed by atoms with Gasteiger partial charge in [0.05, 0.1) is 45.2 Å². The second-order valence-corrected chi connectivity index (χ2v) is 34.6. The van der Waals surface area contributed by atoms with E-state index in [-0.39, 0.29) is 0 Å². The average Bonchev–Trinajstić information content (AvgIpc) is 1.54. The molecule has 572 valence electrons. The van der Waals surface area contributed by atoms with Gasteiger partial charge in [0.1, 0.15) is 22.3 Å². The average molecular weight is 1620 g/mol. The molecule has 11 heteroatoms. The molecular weight excluding hydrogens is 1560 g/mol. The predicted octanol–water partition coefficient (Wildman–Crippen LogP) is 31.9. The topological polar surface area (TPSA) is 104 Å². The second-order valence-electron chi connectivity index (χ2n) is 31.4. The van der Waals surface area contributed by atoms with Crippen molar-refractivity contribution in [1.82, 2.24) is 29.9 Å². The molecule has 0 saturated carbocycles. The van der Waals surface area contributed by atoms with E-state index in [1.54, 1.807) is 0 Å². The Hall–Kier alpha value is -15.5. The number of aromatic nitrogens is 6. The van der Waals surface area contributed by atoms with Gasteiger partial charge < -0.3 is 8.83 Å². The van der Waals surface area contributed by atoms with Gasteiger partial charge in [-0.2, -0.15) is 0 Å². The summed E-state index contributed by atoms with van der Waals surface area (Å²) in [4.78, 5) is 31.5. The number of benzene rings is 17. The van der Waals surface area contributed by atoms with Gasteiger partial charge in [0, 0.05) is 170 Å². The number of pyridine rings is 2. The van der Waals surface area contributed by atoms with Crippen LogP contribution in [0.3, 0.4) is 0 Å². The van der Waals surface area contributed by atoms with E-state index in [0.29, 0.717) is 11.6 Å². The summed E-state index contributed by atoms with van der Waals surface area (Å²) in [5, 5.41) is 18.9. The first-order valence-electron chi connectivity index (χ1n) is 41.2. The van der Waals surface area contributed by atoms with E-state index in [2.05, 4.69) is 334 Å². The number of rotatable bonds is 10. The van der Waals surface area contributed by atoms with E-state index >= 15 is 0 Å². The van der Waals surface area contributed by atoms with Gasteiger partial charge in [-0.25, -0.2) is 29.9 Å². The number of furan rings is 2. The minimum atomic E-state index is 0.668. The molecular formula is C112H64N6O2S3. The Bertz CT molecular complexity index is 8690. The van der Waals surface area contributed by atoms with Crippen molar-refractivity contribution < 1.29 is 8.83 Å². The van der Waals surface area contributed by atoms with Crippen LogP contribution in [0.15, 0.2) is 397 Å². The Kier molecular flexibility index (Phi) is 16.4. The number of nitrogens with zero attached hydrogens (tertiary/aromatic N) is 6. The summed E-state index contributed by atoms with van der Waals surface area (Å²) >= 11 is 5.52. The number of fused-ring (bicyclic) bond motifs is 23. The number of hydrogen-bond acceptors (Lipinski definition) is 11. The van der Waals surface area contributed by atoms with Crippen LogP contribution in [-0.2, 0) is 0 Å². The summed E-state index contributed by atoms with van der Waals surface area (Å²) in [6.45, 7) is 0. The Morgan fingerprint density at radius 1 is 0.187 bits per heavy atom. The highest BCUT2D eigenvalue weighted by atomic mass is 32.1. The molecule has 0 saturated heterocycles. The number of para-hydroxylation sites is 4. The zero-order valence-electron chi connectivity index (χ0n) is 65.7. The van der Waals surface area contributed by atoms with Crippen LogP contribution in [0, 0.1) is 0 Å². The minimum Gasteiger partial charge on any atom is -0.456 e. The van der Waals surface area contributed by atoms with E-state index in [1.807, 2.05) is 88.6 Å². The largest absolute Gasteiger partial charge is 0.456 e. The lowest BCUT2D eigenvalue weighted by Gasteiger charge is -2.15. The summed E-state index contributed by atoms with van der Waals surface area (Å²) in [7, 11) is 0. The van der Waals surface area contributed by atoms with Crippen LogP contribution in [0.5, 0.6) is 0 Å². The van der Waals surface area contributed by atoms with Gasteiger partial charge >= 0.3 is 0 Å². The van der Waals surface area contributed by atoms with Crippen molar-refractivity contribution in [2.75, 3.05) is 0 Å². The van der Waals surface area contributed by atoms with Gasteiger partial charge in [-0.15, -0.1) is 34.0 Å². The third-order valence-corrected chi connectivity index (χ3v) is 27.6. The molecule has 0 unspecified atom stereocenters. The highest BCUT2D eigenvalue weighted by Crippen LogP contribution is 2.51. The van der Waals surface area contributed by atoms with Crippen molar-refractivity contribution in [1.29, 1.82) is 0 Å². The van der Waals surface area contributed by atoms with Gasteiger partial charge in [-0.3, -0.25) is 0 Å². The molecule has 26 rings (SSSR count). The zero-order valence-corrected chi connectivity index (χ0v) is 68.1. The van der Waals surface area contributed by atoms with Crippen LogP contribution < -0.4 is 0 Å². The molecule has 0 atom stereocenters. The number of hydrogen-bond donors (Lipinski definition) is 0. The van der Waals surface area contributed by atoms with Crippen LogP contribution in [0.25, 0.3) is 260 Å². The van der Waals surface area contributed by atoms with Gasteiger partial charge in [-0.05, 0) is 108 Å². The molecule has 9 aromatic heterocycles. The summed E-state index contributed by atoms with van der Waals surface area (Å²) in [5.41, 5.74) is 23.4.